The second-order valence-corrected chi connectivity index (χ2v) is 4.76. The summed E-state index contributed by atoms with van der Waals surface area (Å²) in [7, 11) is 3.61. The number of aromatic nitrogens is 2. The van der Waals surface area contributed by atoms with Crippen LogP contribution < -0.4 is 4.74 Å². The van der Waals surface area contributed by atoms with Crippen molar-refractivity contribution in [2.24, 2.45) is 7.05 Å². The van der Waals surface area contributed by atoms with E-state index in [0.717, 1.165) is 22.8 Å². The van der Waals surface area contributed by atoms with Crippen molar-refractivity contribution in [2.75, 3.05) is 13.7 Å². The molecular formula is C15H20N2O2. The molecule has 0 radical (unpaired) electrons. The van der Waals surface area contributed by atoms with E-state index in [-0.39, 0.29) is 6.61 Å². The van der Waals surface area contributed by atoms with Gasteiger partial charge in [0.1, 0.15) is 11.6 Å². The van der Waals surface area contributed by atoms with Gasteiger partial charge in [0.25, 0.3) is 0 Å². The fourth-order valence-corrected chi connectivity index (χ4v) is 2.13. The van der Waals surface area contributed by atoms with E-state index in [4.69, 9.17) is 9.84 Å². The molecule has 0 fully saturated rings. The number of methoxy groups -OCH3 is 1. The van der Waals surface area contributed by atoms with Gasteiger partial charge < -0.3 is 14.4 Å². The molecule has 0 amide bonds. The SMILES string of the molecule is COc1cc(C)c(C)cc1-c1cn(C)c(CCO)n1. The number of imidazole rings is 1. The van der Waals surface area contributed by atoms with Crippen LogP contribution in [0.3, 0.4) is 0 Å². The Kier molecular flexibility index (Phi) is 3.90. The standard InChI is InChI=1S/C15H20N2O2/c1-10-7-12(14(19-4)8-11(10)2)13-9-17(3)15(16-13)5-6-18/h7-9,18H,5-6H2,1-4H3. The molecule has 19 heavy (non-hydrogen) atoms. The second kappa shape index (κ2) is 5.45. The molecule has 0 saturated heterocycles. The molecule has 1 aromatic carbocycles. The molecule has 2 aromatic rings. The van der Waals surface area contributed by atoms with Crippen LogP contribution in [0.15, 0.2) is 18.3 Å². The van der Waals surface area contributed by atoms with Crippen LogP contribution in [0.2, 0.25) is 0 Å². The molecule has 0 atom stereocenters. The fourth-order valence-electron chi connectivity index (χ4n) is 2.13. The Labute approximate surface area is 113 Å². The zero-order valence-corrected chi connectivity index (χ0v) is 11.9. The molecule has 0 unspecified atom stereocenters. The van der Waals surface area contributed by atoms with Crippen molar-refractivity contribution in [1.29, 1.82) is 0 Å². The minimum Gasteiger partial charge on any atom is -0.496 e. The van der Waals surface area contributed by atoms with Crippen LogP contribution in [0.25, 0.3) is 11.3 Å². The molecule has 102 valence electrons. The lowest BCUT2D eigenvalue weighted by atomic mass is 10.0. The highest BCUT2D eigenvalue weighted by Crippen LogP contribution is 2.31. The number of aryl methyl sites for hydroxylation is 3. The van der Waals surface area contributed by atoms with E-state index < -0.39 is 0 Å². The number of ether oxygens (including phenoxy) is 1. The normalized spacial score (nSPS) is 10.8. The van der Waals surface area contributed by atoms with Crippen LogP contribution in [-0.2, 0) is 13.5 Å². The Morgan fingerprint density at radius 1 is 1.26 bits per heavy atom. The zero-order valence-electron chi connectivity index (χ0n) is 11.9. The number of hydrogen-bond donors (Lipinski definition) is 1. The van der Waals surface area contributed by atoms with Gasteiger partial charge in [0.15, 0.2) is 0 Å². The highest BCUT2D eigenvalue weighted by molar-refractivity contribution is 5.69. The predicted octanol–water partition coefficient (Wildman–Crippen LogP) is 2.25. The largest absolute Gasteiger partial charge is 0.496 e. The van der Waals surface area contributed by atoms with Gasteiger partial charge in [-0.3, -0.25) is 0 Å². The molecule has 4 heteroatoms. The minimum atomic E-state index is 0.106. The van der Waals surface area contributed by atoms with E-state index in [9.17, 15) is 0 Å². The van der Waals surface area contributed by atoms with E-state index in [2.05, 4.69) is 24.9 Å². The van der Waals surface area contributed by atoms with Crippen LogP contribution in [0, 0.1) is 13.8 Å². The lowest BCUT2D eigenvalue weighted by molar-refractivity contribution is 0.295. The van der Waals surface area contributed by atoms with E-state index in [0.29, 0.717) is 6.42 Å². The van der Waals surface area contributed by atoms with E-state index in [1.807, 2.05) is 23.9 Å². The Balaban J connectivity index is 2.51. The maximum atomic E-state index is 9.03. The van der Waals surface area contributed by atoms with E-state index in [1.54, 1.807) is 7.11 Å². The summed E-state index contributed by atoms with van der Waals surface area (Å²) in [6.45, 7) is 4.25. The van der Waals surface area contributed by atoms with Crippen molar-refractivity contribution in [3.8, 4) is 17.0 Å². The maximum absolute atomic E-state index is 9.03. The summed E-state index contributed by atoms with van der Waals surface area (Å²) in [5.41, 5.74) is 4.29. The Hall–Kier alpha value is -1.81. The first kappa shape index (κ1) is 13.6. The van der Waals surface area contributed by atoms with Crippen molar-refractivity contribution in [3.63, 3.8) is 0 Å². The molecule has 0 bridgehead atoms. The molecule has 1 N–H and O–H groups in total. The van der Waals surface area contributed by atoms with Crippen molar-refractivity contribution in [3.05, 3.63) is 35.3 Å². The van der Waals surface area contributed by atoms with Crippen LogP contribution in [-0.4, -0.2) is 28.4 Å². The number of nitrogens with zero attached hydrogens (tertiary/aromatic N) is 2. The van der Waals surface area contributed by atoms with Crippen molar-refractivity contribution in [1.82, 2.24) is 9.55 Å². The van der Waals surface area contributed by atoms with Crippen molar-refractivity contribution >= 4 is 0 Å². The molecule has 1 heterocycles. The minimum absolute atomic E-state index is 0.106. The quantitative estimate of drug-likeness (QED) is 0.917. The Morgan fingerprint density at radius 2 is 1.95 bits per heavy atom. The van der Waals surface area contributed by atoms with Gasteiger partial charge in [0.05, 0.1) is 19.4 Å². The predicted molar refractivity (Wildman–Crippen MR) is 75.5 cm³/mol. The summed E-state index contributed by atoms with van der Waals surface area (Å²) in [5, 5.41) is 9.03. The van der Waals surface area contributed by atoms with Gasteiger partial charge in [0, 0.05) is 25.2 Å². The van der Waals surface area contributed by atoms with Gasteiger partial charge in [-0.15, -0.1) is 0 Å². The van der Waals surface area contributed by atoms with Gasteiger partial charge in [-0.25, -0.2) is 4.98 Å². The summed E-state index contributed by atoms with van der Waals surface area (Å²) in [4.78, 5) is 4.57. The maximum Gasteiger partial charge on any atom is 0.128 e. The summed E-state index contributed by atoms with van der Waals surface area (Å²) in [6, 6.07) is 4.13. The summed E-state index contributed by atoms with van der Waals surface area (Å²) < 4.78 is 7.39. The Morgan fingerprint density at radius 3 is 2.58 bits per heavy atom. The highest BCUT2D eigenvalue weighted by Gasteiger charge is 2.13. The first-order valence-electron chi connectivity index (χ1n) is 6.35. The van der Waals surface area contributed by atoms with Gasteiger partial charge >= 0.3 is 0 Å². The second-order valence-electron chi connectivity index (χ2n) is 4.76. The molecular weight excluding hydrogens is 240 g/mol. The molecule has 0 aliphatic rings. The smallest absolute Gasteiger partial charge is 0.128 e. The lowest BCUT2D eigenvalue weighted by Crippen LogP contribution is -1.99. The van der Waals surface area contributed by atoms with Crippen molar-refractivity contribution < 1.29 is 9.84 Å². The average Bonchev–Trinajstić information content (AvgIpc) is 2.74. The molecule has 1 aromatic heterocycles. The zero-order chi connectivity index (χ0) is 14.0. The number of aliphatic hydroxyl groups excluding tert-OH is 1. The monoisotopic (exact) mass is 260 g/mol. The fraction of sp³-hybridized carbons (Fsp3) is 0.400. The highest BCUT2D eigenvalue weighted by atomic mass is 16.5. The molecule has 0 saturated carbocycles. The number of aliphatic hydroxyl groups is 1. The van der Waals surface area contributed by atoms with Crippen LogP contribution in [0.1, 0.15) is 17.0 Å². The lowest BCUT2D eigenvalue weighted by Gasteiger charge is -2.09. The van der Waals surface area contributed by atoms with Crippen LogP contribution in [0.4, 0.5) is 0 Å². The van der Waals surface area contributed by atoms with Gasteiger partial charge in [-0.05, 0) is 37.1 Å². The summed E-state index contributed by atoms with van der Waals surface area (Å²) >= 11 is 0. The number of benzene rings is 1. The third kappa shape index (κ3) is 2.63. The Bertz CT molecular complexity index is 588. The van der Waals surface area contributed by atoms with Crippen molar-refractivity contribution in [2.45, 2.75) is 20.3 Å². The van der Waals surface area contributed by atoms with Crippen LogP contribution in [0.5, 0.6) is 5.75 Å². The van der Waals surface area contributed by atoms with E-state index >= 15 is 0 Å². The first-order chi connectivity index (χ1) is 9.06. The van der Waals surface area contributed by atoms with E-state index in [1.165, 1.54) is 11.1 Å². The van der Waals surface area contributed by atoms with Gasteiger partial charge in [-0.1, -0.05) is 0 Å². The molecule has 0 aliphatic heterocycles. The number of hydrogen-bond acceptors (Lipinski definition) is 3. The molecule has 0 spiro atoms. The third-order valence-corrected chi connectivity index (χ3v) is 3.40. The molecule has 0 aliphatic carbocycles. The molecule has 2 rings (SSSR count). The third-order valence-electron chi connectivity index (χ3n) is 3.40. The topological polar surface area (TPSA) is 47.3 Å². The molecule has 4 nitrogen and oxygen atoms in total. The average molecular weight is 260 g/mol. The summed E-state index contributed by atoms with van der Waals surface area (Å²) in [6.07, 6.45) is 2.53. The first-order valence-corrected chi connectivity index (χ1v) is 6.35. The summed E-state index contributed by atoms with van der Waals surface area (Å²) in [5.74, 6) is 1.70. The van der Waals surface area contributed by atoms with Crippen LogP contribution >= 0.6 is 0 Å². The van der Waals surface area contributed by atoms with Gasteiger partial charge in [-0.2, -0.15) is 0 Å². The van der Waals surface area contributed by atoms with Gasteiger partial charge in [0.2, 0.25) is 0 Å². The number of rotatable bonds is 4.